The van der Waals surface area contributed by atoms with Crippen molar-refractivity contribution in [1.29, 1.82) is 0 Å². The molecule has 0 radical (unpaired) electrons. The highest BCUT2D eigenvalue weighted by atomic mass is 35.5. The third kappa shape index (κ3) is 4.12. The fraction of sp³-hybridized carbons (Fsp3) is 0.333. The van der Waals surface area contributed by atoms with Gasteiger partial charge in [0.1, 0.15) is 10.8 Å². The molecular weight excluding hydrogens is 387 g/mol. The van der Waals surface area contributed by atoms with E-state index in [2.05, 4.69) is 0 Å². The minimum absolute atomic E-state index is 0.00863. The Morgan fingerprint density at radius 2 is 1.93 bits per heavy atom. The number of fused-ring (bicyclic) bond motifs is 1. The molecule has 0 saturated carbocycles. The third-order valence-electron chi connectivity index (χ3n) is 4.84. The van der Waals surface area contributed by atoms with E-state index in [-0.39, 0.29) is 28.9 Å². The molecule has 0 heterocycles. The number of carbonyl (C=O) groups excluding carboxylic acids is 1. The maximum atomic E-state index is 13.1. The largest absolute Gasteiger partial charge is 0.492 e. The van der Waals surface area contributed by atoms with Crippen molar-refractivity contribution < 1.29 is 19.4 Å². The molecule has 1 N–H and O–H groups in total. The van der Waals surface area contributed by atoms with Gasteiger partial charge in [0, 0.05) is 17.4 Å². The monoisotopic (exact) mass is 406 g/mol. The summed E-state index contributed by atoms with van der Waals surface area (Å²) in [5, 5.41) is 9.11. The van der Waals surface area contributed by atoms with Crippen LogP contribution in [0.1, 0.15) is 41.3 Å². The van der Waals surface area contributed by atoms with Crippen LogP contribution in [0.15, 0.2) is 36.4 Å². The van der Waals surface area contributed by atoms with E-state index in [1.165, 1.54) is 0 Å². The minimum Gasteiger partial charge on any atom is -0.492 e. The fourth-order valence-electron chi connectivity index (χ4n) is 3.54. The van der Waals surface area contributed by atoms with Crippen molar-refractivity contribution in [2.75, 3.05) is 6.61 Å². The molecule has 4 nitrogen and oxygen atoms in total. The van der Waals surface area contributed by atoms with Gasteiger partial charge in [0.05, 0.1) is 11.6 Å². The summed E-state index contributed by atoms with van der Waals surface area (Å²) in [6.07, 6.45) is 1.55. The Balaban J connectivity index is 1.83. The normalized spacial score (nSPS) is 18.4. The molecule has 1 unspecified atom stereocenters. The number of carboxylic acid groups (broad SMARTS) is 1. The van der Waals surface area contributed by atoms with E-state index >= 15 is 0 Å². The molecule has 1 aliphatic rings. The zero-order valence-electron chi connectivity index (χ0n) is 14.9. The fourth-order valence-corrected chi connectivity index (χ4v) is 4.04. The Morgan fingerprint density at radius 1 is 1.22 bits per heavy atom. The van der Waals surface area contributed by atoms with Crippen LogP contribution >= 0.6 is 23.2 Å². The number of carbonyl (C=O) groups is 2. The Morgan fingerprint density at radius 3 is 2.59 bits per heavy atom. The van der Waals surface area contributed by atoms with Gasteiger partial charge in [-0.1, -0.05) is 60.5 Å². The van der Waals surface area contributed by atoms with E-state index in [1.807, 2.05) is 37.3 Å². The zero-order chi connectivity index (χ0) is 19.6. The number of hydrogen-bond donors (Lipinski definition) is 1. The van der Waals surface area contributed by atoms with Gasteiger partial charge >= 0.3 is 5.97 Å². The Labute approximate surface area is 168 Å². The van der Waals surface area contributed by atoms with E-state index in [4.69, 9.17) is 33.0 Å². The lowest BCUT2D eigenvalue weighted by molar-refractivity contribution is -0.137. The van der Waals surface area contributed by atoms with Crippen LogP contribution in [0.5, 0.6) is 5.75 Å². The molecule has 0 aromatic heterocycles. The summed E-state index contributed by atoms with van der Waals surface area (Å²) in [6, 6.07) is 11.6. The number of ether oxygens (including phenoxy) is 1. The second-order valence-corrected chi connectivity index (χ2v) is 7.87. The lowest BCUT2D eigenvalue weighted by Crippen LogP contribution is -2.26. The highest BCUT2D eigenvalue weighted by Gasteiger charge is 2.43. The predicted molar refractivity (Wildman–Crippen MR) is 105 cm³/mol. The first-order valence-electron chi connectivity index (χ1n) is 8.76. The first-order valence-corrected chi connectivity index (χ1v) is 9.51. The lowest BCUT2D eigenvalue weighted by Gasteiger charge is -2.21. The van der Waals surface area contributed by atoms with Gasteiger partial charge in [-0.05, 0) is 36.5 Å². The maximum absolute atomic E-state index is 13.1. The van der Waals surface area contributed by atoms with E-state index < -0.39 is 11.4 Å². The van der Waals surface area contributed by atoms with Crippen LogP contribution in [0.25, 0.3) is 0 Å². The van der Waals surface area contributed by atoms with Gasteiger partial charge in [0.2, 0.25) is 0 Å². The standard InChI is InChI=1S/C21H20Cl2O4/c1-21(11-13-6-3-2-4-7-13)12-14-10-15(27-9-5-8-16(24)25)18(22)19(23)17(14)20(21)26/h2-4,6-7,10H,5,8-9,11-12H2,1H3,(H,24,25). The number of hydrogen-bond acceptors (Lipinski definition) is 3. The molecule has 2 aromatic carbocycles. The third-order valence-corrected chi connectivity index (χ3v) is 5.69. The van der Waals surface area contributed by atoms with E-state index in [9.17, 15) is 9.59 Å². The second-order valence-electron chi connectivity index (χ2n) is 7.11. The molecule has 142 valence electrons. The van der Waals surface area contributed by atoms with Gasteiger partial charge in [-0.15, -0.1) is 0 Å². The van der Waals surface area contributed by atoms with Crippen molar-refractivity contribution in [3.8, 4) is 5.75 Å². The van der Waals surface area contributed by atoms with Crippen molar-refractivity contribution in [2.24, 2.45) is 5.41 Å². The molecule has 3 rings (SSSR count). The second kappa shape index (κ2) is 7.91. The van der Waals surface area contributed by atoms with E-state index in [1.54, 1.807) is 6.07 Å². The lowest BCUT2D eigenvalue weighted by atomic mass is 9.80. The number of halogens is 2. The SMILES string of the molecule is CC1(Cc2ccccc2)Cc2cc(OCCCC(=O)O)c(Cl)c(Cl)c2C1=O. The first-order chi connectivity index (χ1) is 12.8. The molecule has 1 aliphatic carbocycles. The Kier molecular flexibility index (Phi) is 5.78. The zero-order valence-corrected chi connectivity index (χ0v) is 16.4. The summed E-state index contributed by atoms with van der Waals surface area (Å²) in [7, 11) is 0. The van der Waals surface area contributed by atoms with Crippen LogP contribution in [0, 0.1) is 5.41 Å². The number of aliphatic carboxylic acids is 1. The molecule has 0 bridgehead atoms. The highest BCUT2D eigenvalue weighted by molar-refractivity contribution is 6.45. The average molecular weight is 407 g/mol. The molecule has 6 heteroatoms. The van der Waals surface area contributed by atoms with Crippen molar-refractivity contribution in [1.82, 2.24) is 0 Å². The Bertz CT molecular complexity index is 879. The van der Waals surface area contributed by atoms with Crippen LogP contribution in [0.2, 0.25) is 10.0 Å². The van der Waals surface area contributed by atoms with Gasteiger partial charge in [0.25, 0.3) is 0 Å². The van der Waals surface area contributed by atoms with Crippen LogP contribution in [-0.4, -0.2) is 23.5 Å². The summed E-state index contributed by atoms with van der Waals surface area (Å²) in [5.74, 6) is -0.493. The van der Waals surface area contributed by atoms with Gasteiger partial charge in [0.15, 0.2) is 5.78 Å². The van der Waals surface area contributed by atoms with Gasteiger partial charge < -0.3 is 9.84 Å². The Hall–Kier alpha value is -2.04. The van der Waals surface area contributed by atoms with Crippen molar-refractivity contribution in [3.63, 3.8) is 0 Å². The first kappa shape index (κ1) is 19.7. The molecule has 27 heavy (non-hydrogen) atoms. The van der Waals surface area contributed by atoms with Gasteiger partial charge in [-0.3, -0.25) is 9.59 Å². The summed E-state index contributed by atoms with van der Waals surface area (Å²) in [4.78, 5) is 23.7. The number of ketones is 1. The quantitative estimate of drug-likeness (QED) is 0.639. The number of rotatable bonds is 7. The molecule has 0 aliphatic heterocycles. The van der Waals surface area contributed by atoms with Crippen molar-refractivity contribution >= 4 is 35.0 Å². The van der Waals surface area contributed by atoms with E-state index in [0.29, 0.717) is 30.6 Å². The summed E-state index contributed by atoms with van der Waals surface area (Å²) in [6.45, 7) is 2.16. The summed E-state index contributed by atoms with van der Waals surface area (Å²) >= 11 is 12.7. The number of Topliss-reactive ketones (excluding diaryl/α,β-unsaturated/α-hetero) is 1. The maximum Gasteiger partial charge on any atom is 0.303 e. The van der Waals surface area contributed by atoms with E-state index in [0.717, 1.165) is 11.1 Å². The molecule has 0 fully saturated rings. The van der Waals surface area contributed by atoms with Crippen molar-refractivity contribution in [2.45, 2.75) is 32.6 Å². The molecule has 0 amide bonds. The van der Waals surface area contributed by atoms with Gasteiger partial charge in [-0.2, -0.15) is 0 Å². The predicted octanol–water partition coefficient (Wildman–Crippen LogP) is 5.22. The van der Waals surface area contributed by atoms with Crippen LogP contribution in [0.4, 0.5) is 0 Å². The number of benzene rings is 2. The van der Waals surface area contributed by atoms with Crippen LogP contribution in [0.3, 0.4) is 0 Å². The topological polar surface area (TPSA) is 63.6 Å². The number of carboxylic acids is 1. The van der Waals surface area contributed by atoms with Gasteiger partial charge in [-0.25, -0.2) is 0 Å². The summed E-state index contributed by atoms with van der Waals surface area (Å²) < 4.78 is 5.62. The van der Waals surface area contributed by atoms with Crippen LogP contribution in [-0.2, 0) is 17.6 Å². The highest BCUT2D eigenvalue weighted by Crippen LogP contribution is 2.47. The van der Waals surface area contributed by atoms with Crippen LogP contribution < -0.4 is 4.74 Å². The molecule has 1 atom stereocenters. The minimum atomic E-state index is -0.876. The molecule has 0 saturated heterocycles. The molecular formula is C21H20Cl2O4. The smallest absolute Gasteiger partial charge is 0.303 e. The molecule has 0 spiro atoms. The molecule has 2 aromatic rings. The summed E-state index contributed by atoms with van der Waals surface area (Å²) in [5.41, 5.74) is 1.80. The average Bonchev–Trinajstić information content (AvgIpc) is 2.87. The van der Waals surface area contributed by atoms with Crippen molar-refractivity contribution in [3.05, 3.63) is 63.1 Å².